The van der Waals surface area contributed by atoms with Crippen molar-refractivity contribution in [2.75, 3.05) is 0 Å². The molecule has 0 bridgehead atoms. The van der Waals surface area contributed by atoms with E-state index in [1.54, 1.807) is 6.20 Å². The number of nitrogens with two attached hydrogens (primary N) is 1. The second-order valence-electron chi connectivity index (χ2n) is 3.91. The van der Waals surface area contributed by atoms with Crippen LogP contribution in [0, 0.1) is 6.92 Å². The zero-order chi connectivity index (χ0) is 12.3. The second kappa shape index (κ2) is 5.07. The van der Waals surface area contributed by atoms with Crippen LogP contribution in [0.25, 0.3) is 0 Å². The van der Waals surface area contributed by atoms with Crippen molar-refractivity contribution < 1.29 is 0 Å². The molecule has 1 atom stereocenters. The van der Waals surface area contributed by atoms with Gasteiger partial charge in [-0.25, -0.2) is 5.43 Å². The molecule has 2 rings (SSSR count). The number of aromatic nitrogens is 3. The molecular weight excluding hydrogens is 214 g/mol. The Morgan fingerprint density at radius 3 is 2.94 bits per heavy atom. The minimum Gasteiger partial charge on any atom is -0.273 e. The van der Waals surface area contributed by atoms with E-state index in [2.05, 4.69) is 22.4 Å². The van der Waals surface area contributed by atoms with E-state index in [1.165, 1.54) is 0 Å². The molecule has 5 heteroatoms. The topological polar surface area (TPSA) is 68.8 Å². The molecule has 1 unspecified atom stereocenters. The quantitative estimate of drug-likeness (QED) is 0.612. The van der Waals surface area contributed by atoms with Gasteiger partial charge in [-0.1, -0.05) is 6.07 Å². The van der Waals surface area contributed by atoms with Crippen LogP contribution in [0.2, 0.25) is 0 Å². The summed E-state index contributed by atoms with van der Waals surface area (Å²) < 4.78 is 1.88. The van der Waals surface area contributed by atoms with Crippen LogP contribution in [-0.2, 0) is 6.54 Å². The molecular formula is C12H17N5. The van der Waals surface area contributed by atoms with Crippen molar-refractivity contribution in [1.29, 1.82) is 0 Å². The first-order chi connectivity index (χ1) is 8.26. The van der Waals surface area contributed by atoms with E-state index in [-0.39, 0.29) is 6.04 Å². The van der Waals surface area contributed by atoms with Gasteiger partial charge in [-0.05, 0) is 25.5 Å². The maximum Gasteiger partial charge on any atom is 0.0758 e. The van der Waals surface area contributed by atoms with E-state index < -0.39 is 0 Å². The van der Waals surface area contributed by atoms with Crippen LogP contribution in [0.15, 0.2) is 30.7 Å². The average molecular weight is 231 g/mol. The molecule has 0 saturated heterocycles. The summed E-state index contributed by atoms with van der Waals surface area (Å²) in [7, 11) is 0. The summed E-state index contributed by atoms with van der Waals surface area (Å²) in [5.74, 6) is 5.64. The fourth-order valence-electron chi connectivity index (χ4n) is 1.87. The third-order valence-corrected chi connectivity index (χ3v) is 2.84. The Bertz CT molecular complexity index is 491. The first kappa shape index (κ1) is 11.8. The van der Waals surface area contributed by atoms with E-state index in [9.17, 15) is 0 Å². The van der Waals surface area contributed by atoms with Gasteiger partial charge in [0.25, 0.3) is 0 Å². The van der Waals surface area contributed by atoms with Gasteiger partial charge in [0.15, 0.2) is 0 Å². The third-order valence-electron chi connectivity index (χ3n) is 2.84. The second-order valence-corrected chi connectivity index (χ2v) is 3.91. The molecule has 0 aliphatic rings. The van der Waals surface area contributed by atoms with Gasteiger partial charge in [0.05, 0.1) is 12.2 Å². The number of hydrazine groups is 1. The molecule has 17 heavy (non-hydrogen) atoms. The predicted molar refractivity (Wildman–Crippen MR) is 66.0 cm³/mol. The van der Waals surface area contributed by atoms with Crippen molar-refractivity contribution in [3.8, 4) is 0 Å². The van der Waals surface area contributed by atoms with Gasteiger partial charge in [0.1, 0.15) is 0 Å². The third kappa shape index (κ3) is 2.35. The van der Waals surface area contributed by atoms with Gasteiger partial charge in [-0.3, -0.25) is 15.5 Å². The lowest BCUT2D eigenvalue weighted by Gasteiger charge is -2.16. The zero-order valence-corrected chi connectivity index (χ0v) is 10.1. The molecule has 0 aliphatic heterocycles. The van der Waals surface area contributed by atoms with Crippen LogP contribution in [-0.4, -0.2) is 14.8 Å². The lowest BCUT2D eigenvalue weighted by atomic mass is 10.0. The molecule has 2 heterocycles. The van der Waals surface area contributed by atoms with E-state index in [4.69, 9.17) is 5.84 Å². The average Bonchev–Trinajstić information content (AvgIpc) is 2.81. The molecule has 0 spiro atoms. The van der Waals surface area contributed by atoms with Crippen molar-refractivity contribution in [3.05, 3.63) is 47.5 Å². The van der Waals surface area contributed by atoms with Crippen molar-refractivity contribution in [2.45, 2.75) is 26.4 Å². The SMILES string of the molecule is CCn1cc(C(NN)c2cccnc2C)cn1. The van der Waals surface area contributed by atoms with E-state index in [1.807, 2.05) is 36.1 Å². The molecule has 0 saturated carbocycles. The van der Waals surface area contributed by atoms with Crippen molar-refractivity contribution >= 4 is 0 Å². The number of nitrogens with zero attached hydrogens (tertiary/aromatic N) is 3. The summed E-state index contributed by atoms with van der Waals surface area (Å²) in [4.78, 5) is 4.28. The Kier molecular flexibility index (Phi) is 3.51. The number of rotatable bonds is 4. The summed E-state index contributed by atoms with van der Waals surface area (Å²) in [6.45, 7) is 4.88. The van der Waals surface area contributed by atoms with Crippen molar-refractivity contribution in [2.24, 2.45) is 5.84 Å². The molecule has 5 nitrogen and oxygen atoms in total. The fourth-order valence-corrected chi connectivity index (χ4v) is 1.87. The van der Waals surface area contributed by atoms with Gasteiger partial charge >= 0.3 is 0 Å². The largest absolute Gasteiger partial charge is 0.273 e. The molecule has 90 valence electrons. The molecule has 2 aromatic rings. The minimum absolute atomic E-state index is 0.0657. The molecule has 3 N–H and O–H groups in total. The number of hydrogen-bond acceptors (Lipinski definition) is 4. The van der Waals surface area contributed by atoms with Crippen LogP contribution < -0.4 is 11.3 Å². The maximum atomic E-state index is 5.64. The van der Waals surface area contributed by atoms with Crippen LogP contribution in [0.1, 0.15) is 29.8 Å². The lowest BCUT2D eigenvalue weighted by molar-refractivity contribution is 0.625. The Morgan fingerprint density at radius 1 is 1.53 bits per heavy atom. The molecule has 0 aromatic carbocycles. The number of hydrogen-bond donors (Lipinski definition) is 2. The molecule has 0 fully saturated rings. The number of pyridine rings is 1. The van der Waals surface area contributed by atoms with Crippen molar-refractivity contribution in [3.63, 3.8) is 0 Å². The number of aryl methyl sites for hydroxylation is 2. The van der Waals surface area contributed by atoms with Crippen LogP contribution in [0.3, 0.4) is 0 Å². The highest BCUT2D eigenvalue weighted by Gasteiger charge is 2.16. The van der Waals surface area contributed by atoms with E-state index in [0.29, 0.717) is 0 Å². The molecule has 0 radical (unpaired) electrons. The Balaban J connectivity index is 2.36. The summed E-state index contributed by atoms with van der Waals surface area (Å²) in [6.07, 6.45) is 5.61. The Morgan fingerprint density at radius 2 is 2.35 bits per heavy atom. The fraction of sp³-hybridized carbons (Fsp3) is 0.333. The standard InChI is InChI=1S/C12H17N5/c1-3-17-8-10(7-15-17)12(16-13)11-5-4-6-14-9(11)2/h4-8,12,16H,3,13H2,1-2H3. The lowest BCUT2D eigenvalue weighted by Crippen LogP contribution is -2.29. The summed E-state index contributed by atoms with van der Waals surface area (Å²) in [5.41, 5.74) is 5.91. The highest BCUT2D eigenvalue weighted by Crippen LogP contribution is 2.22. The zero-order valence-electron chi connectivity index (χ0n) is 10.1. The number of nitrogens with one attached hydrogen (secondary N) is 1. The van der Waals surface area contributed by atoms with Gasteiger partial charge in [-0.2, -0.15) is 5.10 Å². The Labute approximate surface area is 101 Å². The molecule has 0 amide bonds. The van der Waals surface area contributed by atoms with E-state index >= 15 is 0 Å². The highest BCUT2D eigenvalue weighted by atomic mass is 15.3. The van der Waals surface area contributed by atoms with Crippen LogP contribution in [0.4, 0.5) is 0 Å². The normalized spacial score (nSPS) is 12.6. The summed E-state index contributed by atoms with van der Waals surface area (Å²) in [6, 6.07) is 3.87. The summed E-state index contributed by atoms with van der Waals surface area (Å²) in [5, 5.41) is 4.26. The first-order valence-corrected chi connectivity index (χ1v) is 5.66. The van der Waals surface area contributed by atoms with Gasteiger partial charge in [-0.15, -0.1) is 0 Å². The van der Waals surface area contributed by atoms with Crippen LogP contribution >= 0.6 is 0 Å². The van der Waals surface area contributed by atoms with E-state index in [0.717, 1.165) is 23.4 Å². The molecule has 2 aromatic heterocycles. The first-order valence-electron chi connectivity index (χ1n) is 5.66. The molecule has 0 aliphatic carbocycles. The maximum absolute atomic E-state index is 5.64. The van der Waals surface area contributed by atoms with Gasteiger partial charge in [0.2, 0.25) is 0 Å². The highest BCUT2D eigenvalue weighted by molar-refractivity contribution is 5.31. The summed E-state index contributed by atoms with van der Waals surface area (Å²) >= 11 is 0. The van der Waals surface area contributed by atoms with Crippen molar-refractivity contribution in [1.82, 2.24) is 20.2 Å². The smallest absolute Gasteiger partial charge is 0.0758 e. The van der Waals surface area contributed by atoms with Gasteiger partial charge < -0.3 is 0 Å². The predicted octanol–water partition coefficient (Wildman–Crippen LogP) is 1.16. The van der Waals surface area contributed by atoms with Gasteiger partial charge in [0, 0.05) is 30.2 Å². The minimum atomic E-state index is -0.0657. The monoisotopic (exact) mass is 231 g/mol. The van der Waals surface area contributed by atoms with Crippen LogP contribution in [0.5, 0.6) is 0 Å². The Hall–Kier alpha value is -1.72.